The molecule has 6 aliphatic rings. The van der Waals surface area contributed by atoms with Gasteiger partial charge in [-0.15, -0.1) is 0 Å². The number of ether oxygens (including phenoxy) is 3. The molecule has 41 heavy (non-hydrogen) atoms. The summed E-state index contributed by atoms with van der Waals surface area (Å²) in [6.07, 6.45) is 5.97. The Bertz CT molecular complexity index is 1140. The van der Waals surface area contributed by atoms with E-state index in [1.807, 2.05) is 6.21 Å². The molecule has 1 saturated heterocycles. The van der Waals surface area contributed by atoms with E-state index in [1.165, 1.54) is 0 Å². The lowest BCUT2D eigenvalue weighted by molar-refractivity contribution is -0.282. The fourth-order valence-electron chi connectivity index (χ4n) is 10.0. The van der Waals surface area contributed by atoms with Crippen LogP contribution in [-0.4, -0.2) is 87.7 Å². The number of hydrogen-bond donors (Lipinski definition) is 4. The maximum absolute atomic E-state index is 12.5. The lowest BCUT2D eigenvalue weighted by Crippen LogP contribution is -2.69. The molecule has 4 saturated carbocycles. The number of rotatable bonds is 5. The number of cyclic esters (lactones) is 1. The van der Waals surface area contributed by atoms with Crippen LogP contribution in [0.1, 0.15) is 78.1 Å². The van der Waals surface area contributed by atoms with Gasteiger partial charge in [-0.3, -0.25) is 4.99 Å². The van der Waals surface area contributed by atoms with Crippen molar-refractivity contribution < 1.29 is 39.4 Å². The van der Waals surface area contributed by atoms with Crippen LogP contribution in [0.3, 0.4) is 0 Å². The summed E-state index contributed by atoms with van der Waals surface area (Å²) in [7, 11) is 0. The summed E-state index contributed by atoms with van der Waals surface area (Å²) in [6.45, 7) is 4.19. The Hall–Kier alpha value is -1.87. The van der Waals surface area contributed by atoms with E-state index in [0.717, 1.165) is 24.8 Å². The Morgan fingerprint density at radius 1 is 1.15 bits per heavy atom. The van der Waals surface area contributed by atoms with E-state index in [9.17, 15) is 30.5 Å². The number of carbonyl (C=O) groups excluding carboxylic acids is 1. The van der Waals surface area contributed by atoms with E-state index in [1.54, 1.807) is 13.0 Å². The van der Waals surface area contributed by atoms with Gasteiger partial charge in [0, 0.05) is 36.0 Å². The number of esters is 1. The van der Waals surface area contributed by atoms with Gasteiger partial charge in [-0.1, -0.05) is 6.92 Å². The van der Waals surface area contributed by atoms with Gasteiger partial charge in [-0.2, -0.15) is 5.26 Å². The molecule has 4 N–H and O–H groups in total. The van der Waals surface area contributed by atoms with Crippen molar-refractivity contribution >= 4 is 12.2 Å². The maximum atomic E-state index is 12.5. The third kappa shape index (κ3) is 4.42. The minimum Gasteiger partial charge on any atom is -0.458 e. The van der Waals surface area contributed by atoms with Crippen molar-refractivity contribution in [1.29, 1.82) is 5.26 Å². The summed E-state index contributed by atoms with van der Waals surface area (Å²) < 4.78 is 17.3. The van der Waals surface area contributed by atoms with Crippen LogP contribution in [-0.2, 0) is 19.0 Å². The number of aliphatic hydroxyl groups is 4. The lowest BCUT2D eigenvalue weighted by Gasteiger charge is -2.66. The van der Waals surface area contributed by atoms with Gasteiger partial charge in [-0.25, -0.2) is 4.79 Å². The molecule has 12 atom stereocenters. The minimum absolute atomic E-state index is 0.00933. The fraction of sp³-hybridized carbons (Fsp3) is 0.839. The van der Waals surface area contributed by atoms with Gasteiger partial charge in [-0.05, 0) is 81.6 Å². The predicted octanol–water partition coefficient (Wildman–Crippen LogP) is 2.17. The smallest absolute Gasteiger partial charge is 0.331 e. The Balaban J connectivity index is 1.26. The van der Waals surface area contributed by atoms with Gasteiger partial charge in [0.1, 0.15) is 19.3 Å². The second-order valence-electron chi connectivity index (χ2n) is 13.8. The van der Waals surface area contributed by atoms with E-state index in [-0.39, 0.29) is 42.8 Å². The van der Waals surface area contributed by atoms with Crippen molar-refractivity contribution in [3.63, 3.8) is 0 Å². The SMILES string of the molecule is C[C@H]1O[C@@H](O[C@H]2CC[C@]3(C=NCC#N)[C@@H]4CC[C@]5(C)[C@H](C6=CC(=O)OC6)CC[C@]5(O)[C@H]4CC[C@@]3(O)C2)C[C@@H](O)[C@H]1O. The first kappa shape index (κ1) is 29.2. The number of nitrogens with zero attached hydrogens (tertiary/aromatic N) is 2. The summed E-state index contributed by atoms with van der Waals surface area (Å²) in [5.74, 6) is -0.282. The molecule has 2 aliphatic heterocycles. The molecule has 5 fully saturated rings. The summed E-state index contributed by atoms with van der Waals surface area (Å²) in [4.78, 5) is 16.4. The van der Waals surface area contributed by atoms with E-state index < -0.39 is 46.6 Å². The number of fused-ring (bicyclic) bond motifs is 5. The van der Waals surface area contributed by atoms with Crippen LogP contribution >= 0.6 is 0 Å². The third-order valence-corrected chi connectivity index (χ3v) is 12.1. The molecule has 0 unspecified atom stereocenters. The number of nitriles is 1. The normalized spacial score (nSPS) is 51.3. The predicted molar refractivity (Wildman–Crippen MR) is 146 cm³/mol. The molecule has 0 aromatic heterocycles. The molecule has 4 aliphatic carbocycles. The molecule has 0 amide bonds. The Morgan fingerprint density at radius 3 is 2.63 bits per heavy atom. The van der Waals surface area contributed by atoms with Crippen molar-refractivity contribution in [1.82, 2.24) is 0 Å². The Morgan fingerprint density at radius 2 is 1.93 bits per heavy atom. The van der Waals surface area contributed by atoms with Crippen LogP contribution in [0, 0.1) is 39.9 Å². The van der Waals surface area contributed by atoms with Crippen molar-refractivity contribution in [2.75, 3.05) is 13.2 Å². The lowest BCUT2D eigenvalue weighted by atomic mass is 9.41. The fourth-order valence-corrected chi connectivity index (χ4v) is 10.0. The quantitative estimate of drug-likeness (QED) is 0.167. The van der Waals surface area contributed by atoms with Gasteiger partial charge in [0.25, 0.3) is 0 Å². The molecular formula is C31H44N2O8. The van der Waals surface area contributed by atoms with Crippen LogP contribution < -0.4 is 0 Å². The standard InChI is InChI=1S/C31H44N2O8/c1-18-27(36)24(34)14-26(40-18)41-20-3-8-29(17-33-12-11-32)22-4-7-28(2)21(19-13-25(35)39-16-19)6-10-31(28,38)23(22)5-9-30(29,37)15-20/h13,17-18,20-24,26-27,34,36-38H,3-10,12,14-16H2,1-2H3/t18-,20+,21+,22-,23+,24-,26+,27+,28-,29+,30-,31+/m1/s1. The summed E-state index contributed by atoms with van der Waals surface area (Å²) >= 11 is 0. The second kappa shape index (κ2) is 10.4. The molecular weight excluding hydrogens is 528 g/mol. The highest BCUT2D eigenvalue weighted by atomic mass is 16.7. The maximum Gasteiger partial charge on any atom is 0.331 e. The molecule has 6 rings (SSSR count). The first-order valence-electron chi connectivity index (χ1n) is 15.3. The average molecular weight is 573 g/mol. The first-order valence-corrected chi connectivity index (χ1v) is 15.3. The zero-order valence-electron chi connectivity index (χ0n) is 24.1. The number of aliphatic hydroxyl groups excluding tert-OH is 2. The van der Waals surface area contributed by atoms with Crippen LogP contribution in [0.15, 0.2) is 16.6 Å². The van der Waals surface area contributed by atoms with Crippen LogP contribution in [0.2, 0.25) is 0 Å². The molecule has 0 aromatic rings. The molecule has 0 spiro atoms. The summed E-state index contributed by atoms with van der Waals surface area (Å²) in [5.41, 5.74) is -2.19. The molecule has 2 heterocycles. The highest BCUT2D eigenvalue weighted by Gasteiger charge is 2.71. The first-order chi connectivity index (χ1) is 19.5. The van der Waals surface area contributed by atoms with E-state index in [4.69, 9.17) is 14.2 Å². The van der Waals surface area contributed by atoms with E-state index in [2.05, 4.69) is 18.0 Å². The van der Waals surface area contributed by atoms with Gasteiger partial charge >= 0.3 is 5.97 Å². The molecule has 10 heteroatoms. The largest absolute Gasteiger partial charge is 0.458 e. The van der Waals surface area contributed by atoms with Crippen LogP contribution in [0.25, 0.3) is 0 Å². The molecule has 0 aromatic carbocycles. The summed E-state index contributed by atoms with van der Waals surface area (Å²) in [5, 5.41) is 54.5. The van der Waals surface area contributed by atoms with E-state index >= 15 is 0 Å². The molecule has 226 valence electrons. The van der Waals surface area contributed by atoms with Crippen LogP contribution in [0.4, 0.5) is 0 Å². The molecule has 0 bridgehead atoms. The number of carbonyl (C=O) groups is 1. The van der Waals surface area contributed by atoms with E-state index in [0.29, 0.717) is 45.1 Å². The molecule has 10 nitrogen and oxygen atoms in total. The zero-order valence-corrected chi connectivity index (χ0v) is 24.1. The summed E-state index contributed by atoms with van der Waals surface area (Å²) in [6, 6.07) is 2.09. The Kier molecular flexibility index (Phi) is 7.40. The van der Waals surface area contributed by atoms with Crippen molar-refractivity contribution in [2.24, 2.45) is 33.6 Å². The monoisotopic (exact) mass is 572 g/mol. The molecule has 0 radical (unpaired) electrons. The van der Waals surface area contributed by atoms with Gasteiger partial charge in [0.2, 0.25) is 0 Å². The highest BCUT2D eigenvalue weighted by molar-refractivity contribution is 5.85. The van der Waals surface area contributed by atoms with Crippen molar-refractivity contribution in [2.45, 2.75) is 120 Å². The van der Waals surface area contributed by atoms with Crippen molar-refractivity contribution in [3.8, 4) is 6.07 Å². The van der Waals surface area contributed by atoms with Gasteiger partial charge in [0.15, 0.2) is 6.29 Å². The third-order valence-electron chi connectivity index (χ3n) is 12.1. The highest BCUT2D eigenvalue weighted by Crippen LogP contribution is 2.70. The number of aliphatic imine (C=N–C) groups is 1. The van der Waals surface area contributed by atoms with Crippen molar-refractivity contribution in [3.05, 3.63) is 11.6 Å². The zero-order chi connectivity index (χ0) is 29.2. The van der Waals surface area contributed by atoms with Gasteiger partial charge in [0.05, 0.1) is 35.6 Å². The topological polar surface area (TPSA) is 162 Å². The average Bonchev–Trinajstić information content (AvgIpc) is 3.47. The Labute approximate surface area is 241 Å². The number of hydrogen-bond acceptors (Lipinski definition) is 10. The second-order valence-corrected chi connectivity index (χ2v) is 13.8. The van der Waals surface area contributed by atoms with Crippen LogP contribution in [0.5, 0.6) is 0 Å². The van der Waals surface area contributed by atoms with Gasteiger partial charge < -0.3 is 34.6 Å². The minimum atomic E-state index is -1.13.